The van der Waals surface area contributed by atoms with Crippen molar-refractivity contribution in [2.45, 2.75) is 37.6 Å². The predicted octanol–water partition coefficient (Wildman–Crippen LogP) is -1.16. The number of hydrogen-bond donors (Lipinski definition) is 6. The van der Waals surface area contributed by atoms with E-state index in [4.69, 9.17) is 14.0 Å². The Kier molecular flexibility index (Phi) is 6.31. The number of aliphatic hydroxyl groups excluding tert-OH is 4. The molecule has 1 aliphatic heterocycles. The molecule has 0 bridgehead atoms. The number of phenolic OH excluding ortho intramolecular Hbond substituents is 1. The molecule has 35 heavy (non-hydrogen) atoms. The largest absolute Gasteiger partial charge is 0.507 e. The first-order valence-electron chi connectivity index (χ1n) is 10.1. The molecular formula is C21H20O13S. The molecule has 1 aliphatic carbocycles. The van der Waals surface area contributed by atoms with Gasteiger partial charge in [0.15, 0.2) is 5.78 Å². The van der Waals surface area contributed by atoms with Crippen molar-refractivity contribution in [1.82, 2.24) is 0 Å². The second-order valence-corrected chi connectivity index (χ2v) is 9.06. The summed E-state index contributed by atoms with van der Waals surface area (Å²) in [5, 5.41) is 50.0. The highest BCUT2D eigenvalue weighted by Crippen LogP contribution is 2.41. The summed E-state index contributed by atoms with van der Waals surface area (Å²) in [4.78, 5) is 26.5. The zero-order valence-corrected chi connectivity index (χ0v) is 18.7. The Bertz CT molecular complexity index is 1320. The molecule has 14 heteroatoms. The number of fused-ring (bicyclic) bond motifs is 2. The van der Waals surface area contributed by atoms with Crippen LogP contribution in [-0.2, 0) is 15.1 Å². The lowest BCUT2D eigenvalue weighted by atomic mass is 9.82. The molecule has 5 atom stereocenters. The fourth-order valence-corrected chi connectivity index (χ4v) is 4.35. The van der Waals surface area contributed by atoms with Gasteiger partial charge >= 0.3 is 10.4 Å². The van der Waals surface area contributed by atoms with Crippen LogP contribution >= 0.6 is 0 Å². The molecule has 2 aromatic carbocycles. The summed E-state index contributed by atoms with van der Waals surface area (Å²) >= 11 is 0. The average molecular weight is 512 g/mol. The van der Waals surface area contributed by atoms with Gasteiger partial charge in [-0.3, -0.25) is 14.1 Å². The van der Waals surface area contributed by atoms with Crippen LogP contribution in [0.5, 0.6) is 17.2 Å². The normalized spacial score (nSPS) is 26.2. The van der Waals surface area contributed by atoms with Crippen LogP contribution in [0.15, 0.2) is 24.3 Å². The molecule has 6 N–H and O–H groups in total. The van der Waals surface area contributed by atoms with E-state index in [1.807, 2.05) is 0 Å². The van der Waals surface area contributed by atoms with Crippen LogP contribution < -0.4 is 8.92 Å². The second-order valence-electron chi connectivity index (χ2n) is 8.04. The van der Waals surface area contributed by atoms with Crippen molar-refractivity contribution in [2.24, 2.45) is 0 Å². The van der Waals surface area contributed by atoms with Crippen molar-refractivity contribution in [1.29, 1.82) is 0 Å². The Hall–Kier alpha value is -3.11. The topological polar surface area (TPSA) is 217 Å². The SMILES string of the molecule is Cc1cc(O)c2c(c1)C(=O)c1cc(OS(=O)(=O)O)cc(O[C@@H]3O[C@H](CO)[C@@H](O)[C@H](O)[C@H]3O)c1C2=O. The molecule has 0 saturated carbocycles. The van der Waals surface area contributed by atoms with E-state index >= 15 is 0 Å². The lowest BCUT2D eigenvalue weighted by Crippen LogP contribution is -2.60. The molecular weight excluding hydrogens is 492 g/mol. The quantitative estimate of drug-likeness (QED) is 0.223. The molecule has 0 amide bonds. The van der Waals surface area contributed by atoms with E-state index in [1.54, 1.807) is 6.92 Å². The highest BCUT2D eigenvalue weighted by molar-refractivity contribution is 7.81. The first kappa shape index (κ1) is 25.0. The number of ketones is 2. The van der Waals surface area contributed by atoms with Crippen LogP contribution in [0.2, 0.25) is 0 Å². The van der Waals surface area contributed by atoms with Crippen molar-refractivity contribution < 1.29 is 61.7 Å². The van der Waals surface area contributed by atoms with Gasteiger partial charge in [-0.15, -0.1) is 0 Å². The Morgan fingerprint density at radius 3 is 2.23 bits per heavy atom. The Balaban J connectivity index is 1.87. The monoisotopic (exact) mass is 512 g/mol. The van der Waals surface area contributed by atoms with Gasteiger partial charge in [-0.25, -0.2) is 0 Å². The van der Waals surface area contributed by atoms with Crippen LogP contribution in [0.3, 0.4) is 0 Å². The van der Waals surface area contributed by atoms with Gasteiger partial charge in [0.2, 0.25) is 12.1 Å². The third-order valence-corrected chi connectivity index (χ3v) is 5.98. The van der Waals surface area contributed by atoms with E-state index < -0.39 is 87.7 Å². The molecule has 1 fully saturated rings. The maximum Gasteiger partial charge on any atom is 0.446 e. The summed E-state index contributed by atoms with van der Waals surface area (Å²) in [6.45, 7) is 0.783. The Labute approximate surface area is 197 Å². The van der Waals surface area contributed by atoms with Gasteiger partial charge in [0.25, 0.3) is 0 Å². The minimum Gasteiger partial charge on any atom is -0.507 e. The highest BCUT2D eigenvalue weighted by atomic mass is 32.3. The van der Waals surface area contributed by atoms with Crippen molar-refractivity contribution >= 4 is 22.0 Å². The van der Waals surface area contributed by atoms with Crippen LogP contribution in [0, 0.1) is 6.92 Å². The first-order valence-corrected chi connectivity index (χ1v) is 11.4. The minimum atomic E-state index is -5.08. The van der Waals surface area contributed by atoms with E-state index in [0.717, 1.165) is 12.1 Å². The third kappa shape index (κ3) is 4.48. The molecule has 2 aromatic rings. The van der Waals surface area contributed by atoms with Gasteiger partial charge in [-0.1, -0.05) is 0 Å². The van der Waals surface area contributed by atoms with Gasteiger partial charge in [0.1, 0.15) is 41.7 Å². The van der Waals surface area contributed by atoms with Crippen molar-refractivity contribution in [2.75, 3.05) is 6.61 Å². The number of carbonyl (C=O) groups is 2. The van der Waals surface area contributed by atoms with Gasteiger partial charge in [-0.2, -0.15) is 8.42 Å². The molecule has 4 rings (SSSR count). The number of hydrogen-bond acceptors (Lipinski definition) is 12. The lowest BCUT2D eigenvalue weighted by Gasteiger charge is -2.39. The number of ether oxygens (including phenoxy) is 2. The van der Waals surface area contributed by atoms with Crippen molar-refractivity contribution in [3.05, 3.63) is 52.1 Å². The molecule has 13 nitrogen and oxygen atoms in total. The van der Waals surface area contributed by atoms with Gasteiger partial charge < -0.3 is 39.2 Å². The number of carbonyl (C=O) groups excluding carboxylic acids is 2. The van der Waals surface area contributed by atoms with E-state index in [9.17, 15) is 43.5 Å². The summed E-state index contributed by atoms with van der Waals surface area (Å²) in [6, 6.07) is 4.26. The Morgan fingerprint density at radius 2 is 1.60 bits per heavy atom. The molecule has 0 aromatic heterocycles. The number of phenols is 1. The number of rotatable bonds is 5. The maximum absolute atomic E-state index is 13.3. The van der Waals surface area contributed by atoms with E-state index in [-0.39, 0.29) is 11.1 Å². The number of aryl methyl sites for hydroxylation is 1. The van der Waals surface area contributed by atoms with Crippen LogP contribution in [0.1, 0.15) is 37.4 Å². The summed E-state index contributed by atoms with van der Waals surface area (Å²) in [5.41, 5.74) is -0.943. The van der Waals surface area contributed by atoms with Gasteiger partial charge in [0, 0.05) is 17.2 Å². The molecule has 0 radical (unpaired) electrons. The van der Waals surface area contributed by atoms with E-state index in [1.165, 1.54) is 12.1 Å². The predicted molar refractivity (Wildman–Crippen MR) is 113 cm³/mol. The fraction of sp³-hybridized carbons (Fsp3) is 0.333. The summed E-state index contributed by atoms with van der Waals surface area (Å²) < 4.78 is 46.8. The molecule has 188 valence electrons. The third-order valence-electron chi connectivity index (χ3n) is 5.57. The zero-order chi connectivity index (χ0) is 25.8. The second kappa shape index (κ2) is 8.83. The number of aromatic hydroxyl groups is 1. The van der Waals surface area contributed by atoms with Crippen LogP contribution in [0.4, 0.5) is 0 Å². The van der Waals surface area contributed by atoms with E-state index in [0.29, 0.717) is 5.56 Å². The molecule has 2 aliphatic rings. The maximum atomic E-state index is 13.3. The zero-order valence-electron chi connectivity index (χ0n) is 17.9. The van der Waals surface area contributed by atoms with Gasteiger partial charge in [-0.05, 0) is 30.7 Å². The first-order chi connectivity index (χ1) is 16.3. The smallest absolute Gasteiger partial charge is 0.446 e. The van der Waals surface area contributed by atoms with E-state index in [2.05, 4.69) is 4.18 Å². The summed E-state index contributed by atoms with van der Waals surface area (Å²) in [6.07, 6.45) is -8.66. The number of aliphatic hydroxyl groups is 4. The van der Waals surface area contributed by atoms with Crippen molar-refractivity contribution in [3.8, 4) is 17.2 Å². The van der Waals surface area contributed by atoms with Crippen molar-refractivity contribution in [3.63, 3.8) is 0 Å². The summed E-state index contributed by atoms with van der Waals surface area (Å²) in [5.74, 6) is -3.43. The van der Waals surface area contributed by atoms with Gasteiger partial charge in [0.05, 0.1) is 17.7 Å². The molecule has 1 heterocycles. The molecule has 0 unspecified atom stereocenters. The molecule has 0 spiro atoms. The lowest BCUT2D eigenvalue weighted by molar-refractivity contribution is -0.277. The summed E-state index contributed by atoms with van der Waals surface area (Å²) in [7, 11) is -5.08. The van der Waals surface area contributed by atoms with Crippen LogP contribution in [-0.4, -0.2) is 87.4 Å². The standard InChI is InChI=1S/C21H20O13S/c1-7-2-9-14(11(23)3-7)18(26)15-10(16(9)24)4-8(34-35(29,30)31)5-12(15)32-21-20(28)19(27)17(25)13(6-22)33-21/h2-5,13,17,19-23,25,27-28H,6H2,1H3,(H,29,30,31)/t13-,17-,19+,20-,21-/m1/s1. The molecule has 1 saturated heterocycles. The van der Waals surface area contributed by atoms with Crippen LogP contribution in [0.25, 0.3) is 0 Å². The Morgan fingerprint density at radius 1 is 0.943 bits per heavy atom. The average Bonchev–Trinajstić information content (AvgIpc) is 2.75. The fourth-order valence-electron chi connectivity index (χ4n) is 4.01. The highest BCUT2D eigenvalue weighted by Gasteiger charge is 2.46. The number of benzene rings is 2. The minimum absolute atomic E-state index is 0.178.